The van der Waals surface area contributed by atoms with E-state index in [0.29, 0.717) is 13.0 Å². The number of piperidine rings is 1. The van der Waals surface area contributed by atoms with Crippen molar-refractivity contribution < 1.29 is 9.59 Å². The van der Waals surface area contributed by atoms with E-state index >= 15 is 0 Å². The molecule has 1 aliphatic heterocycles. The van der Waals surface area contributed by atoms with Gasteiger partial charge in [-0.3, -0.25) is 9.59 Å². The van der Waals surface area contributed by atoms with Crippen molar-refractivity contribution in [1.82, 2.24) is 5.32 Å². The molecule has 3 rings (SSSR count). The summed E-state index contributed by atoms with van der Waals surface area (Å²) in [6, 6.07) is 18.5. The van der Waals surface area contributed by atoms with E-state index in [2.05, 4.69) is 46.6 Å². The van der Waals surface area contributed by atoms with Crippen LogP contribution in [0.4, 0.5) is 5.69 Å². The van der Waals surface area contributed by atoms with E-state index in [4.69, 9.17) is 0 Å². The molecular weight excluding hydrogens is 348 g/mol. The van der Waals surface area contributed by atoms with Crippen LogP contribution in [0.15, 0.2) is 54.6 Å². The average molecular weight is 379 g/mol. The van der Waals surface area contributed by atoms with Gasteiger partial charge in [-0.1, -0.05) is 37.3 Å². The largest absolute Gasteiger partial charge is 0.371 e. The molecule has 1 heterocycles. The Balaban J connectivity index is 1.71. The Morgan fingerprint density at radius 1 is 1.00 bits per heavy atom. The number of hydrogen-bond donors (Lipinski definition) is 1. The van der Waals surface area contributed by atoms with Crippen LogP contribution in [0.5, 0.6) is 0 Å². The highest BCUT2D eigenvalue weighted by molar-refractivity contribution is 5.96. The van der Waals surface area contributed by atoms with Crippen molar-refractivity contribution in [3.8, 4) is 0 Å². The van der Waals surface area contributed by atoms with Crippen molar-refractivity contribution in [3.05, 3.63) is 65.7 Å². The van der Waals surface area contributed by atoms with E-state index < -0.39 is 0 Å². The number of benzene rings is 2. The fraction of sp³-hybridized carbons (Fsp3) is 0.417. The molecule has 1 aliphatic rings. The van der Waals surface area contributed by atoms with Crippen LogP contribution in [0.1, 0.15) is 55.5 Å². The summed E-state index contributed by atoms with van der Waals surface area (Å²) in [6.07, 6.45) is 3.44. The summed E-state index contributed by atoms with van der Waals surface area (Å²) in [5.41, 5.74) is 3.23. The van der Waals surface area contributed by atoms with Gasteiger partial charge in [0.05, 0.1) is 0 Å². The van der Waals surface area contributed by atoms with Crippen molar-refractivity contribution in [2.24, 2.45) is 0 Å². The Kier molecular flexibility index (Phi) is 6.50. The Morgan fingerprint density at radius 2 is 1.64 bits per heavy atom. The third-order valence-corrected chi connectivity index (χ3v) is 5.81. The standard InChI is InChI=1S/C24H30N2O2/c1-3-7-23(28)20-10-12-22(13-11-20)26-16-14-24(15-17-26,18-25-19(2)27)21-8-5-4-6-9-21/h4-6,8-13H,3,7,14-18H2,1-2H3,(H,25,27). The maximum absolute atomic E-state index is 12.1. The van der Waals surface area contributed by atoms with E-state index in [0.717, 1.165) is 43.6 Å². The molecule has 4 heteroatoms. The summed E-state index contributed by atoms with van der Waals surface area (Å²) >= 11 is 0. The molecule has 0 atom stereocenters. The summed E-state index contributed by atoms with van der Waals surface area (Å²) in [7, 11) is 0. The van der Waals surface area contributed by atoms with Gasteiger partial charge in [0, 0.05) is 49.6 Å². The topological polar surface area (TPSA) is 49.4 Å². The van der Waals surface area contributed by atoms with E-state index in [1.165, 1.54) is 5.56 Å². The summed E-state index contributed by atoms with van der Waals surface area (Å²) in [4.78, 5) is 26.0. The molecule has 0 aromatic heterocycles. The van der Waals surface area contributed by atoms with Crippen LogP contribution in [0, 0.1) is 0 Å². The molecule has 2 aromatic rings. The lowest BCUT2D eigenvalue weighted by Crippen LogP contribution is -2.48. The molecule has 0 unspecified atom stereocenters. The Morgan fingerprint density at radius 3 is 2.21 bits per heavy atom. The van der Waals surface area contributed by atoms with Gasteiger partial charge in [-0.05, 0) is 49.1 Å². The number of carbonyl (C=O) groups excluding carboxylic acids is 2. The van der Waals surface area contributed by atoms with Gasteiger partial charge in [-0.2, -0.15) is 0 Å². The lowest BCUT2D eigenvalue weighted by Gasteiger charge is -2.43. The van der Waals surface area contributed by atoms with E-state index in [9.17, 15) is 9.59 Å². The highest BCUT2D eigenvalue weighted by Gasteiger charge is 2.36. The summed E-state index contributed by atoms with van der Waals surface area (Å²) in [5, 5.41) is 3.05. The average Bonchev–Trinajstić information content (AvgIpc) is 2.73. The Bertz CT molecular complexity index is 791. The van der Waals surface area contributed by atoms with Crippen LogP contribution in [-0.4, -0.2) is 31.3 Å². The van der Waals surface area contributed by atoms with E-state index in [1.807, 2.05) is 25.1 Å². The fourth-order valence-corrected chi connectivity index (χ4v) is 4.08. The van der Waals surface area contributed by atoms with Gasteiger partial charge in [-0.25, -0.2) is 0 Å². The number of hydrogen-bond acceptors (Lipinski definition) is 3. The fourth-order valence-electron chi connectivity index (χ4n) is 4.08. The molecule has 0 saturated carbocycles. The quantitative estimate of drug-likeness (QED) is 0.729. The first-order valence-electron chi connectivity index (χ1n) is 10.2. The van der Waals surface area contributed by atoms with Crippen LogP contribution in [0.3, 0.4) is 0 Å². The van der Waals surface area contributed by atoms with Crippen molar-refractivity contribution >= 4 is 17.4 Å². The van der Waals surface area contributed by atoms with Crippen LogP contribution >= 0.6 is 0 Å². The third kappa shape index (κ3) is 4.61. The zero-order valence-corrected chi connectivity index (χ0v) is 16.9. The van der Waals surface area contributed by atoms with Gasteiger partial charge >= 0.3 is 0 Å². The predicted molar refractivity (Wildman–Crippen MR) is 114 cm³/mol. The first-order chi connectivity index (χ1) is 13.5. The summed E-state index contributed by atoms with van der Waals surface area (Å²) in [5.74, 6) is 0.233. The number of rotatable bonds is 7. The van der Waals surface area contributed by atoms with Crippen LogP contribution < -0.4 is 10.2 Å². The van der Waals surface area contributed by atoms with Crippen molar-refractivity contribution in [1.29, 1.82) is 0 Å². The molecule has 0 spiro atoms. The van der Waals surface area contributed by atoms with Crippen LogP contribution in [0.25, 0.3) is 0 Å². The van der Waals surface area contributed by atoms with Crippen molar-refractivity contribution in [2.45, 2.75) is 44.9 Å². The van der Waals surface area contributed by atoms with Crippen molar-refractivity contribution in [3.63, 3.8) is 0 Å². The number of nitrogens with zero attached hydrogens (tertiary/aromatic N) is 1. The zero-order valence-electron chi connectivity index (χ0n) is 16.9. The van der Waals surface area contributed by atoms with Gasteiger partial charge in [0.1, 0.15) is 0 Å². The number of nitrogens with one attached hydrogen (secondary N) is 1. The third-order valence-electron chi connectivity index (χ3n) is 5.81. The predicted octanol–water partition coefficient (Wildman–Crippen LogP) is 4.34. The monoisotopic (exact) mass is 378 g/mol. The minimum absolute atomic E-state index is 0.0186. The molecule has 148 valence electrons. The molecule has 0 radical (unpaired) electrons. The highest BCUT2D eigenvalue weighted by atomic mass is 16.1. The lowest BCUT2D eigenvalue weighted by atomic mass is 9.72. The van der Waals surface area contributed by atoms with E-state index in [-0.39, 0.29) is 17.1 Å². The molecule has 1 N–H and O–H groups in total. The second-order valence-electron chi connectivity index (χ2n) is 7.76. The smallest absolute Gasteiger partial charge is 0.216 e. The molecule has 1 saturated heterocycles. The van der Waals surface area contributed by atoms with Gasteiger partial charge in [-0.15, -0.1) is 0 Å². The Hall–Kier alpha value is -2.62. The number of carbonyl (C=O) groups is 2. The van der Waals surface area contributed by atoms with Crippen LogP contribution in [-0.2, 0) is 10.2 Å². The number of anilines is 1. The normalized spacial score (nSPS) is 15.9. The molecule has 0 aliphatic carbocycles. The molecule has 4 nitrogen and oxygen atoms in total. The molecule has 0 bridgehead atoms. The highest BCUT2D eigenvalue weighted by Crippen LogP contribution is 2.36. The number of amides is 1. The molecule has 1 fully saturated rings. The molecular formula is C24H30N2O2. The number of Topliss-reactive ketones (excluding diaryl/α,β-unsaturated/α-hetero) is 1. The van der Waals surface area contributed by atoms with Gasteiger partial charge in [0.2, 0.25) is 5.91 Å². The maximum Gasteiger partial charge on any atom is 0.216 e. The zero-order chi connectivity index (χ0) is 20.0. The molecule has 28 heavy (non-hydrogen) atoms. The van der Waals surface area contributed by atoms with Gasteiger partial charge in [0.15, 0.2) is 5.78 Å². The van der Waals surface area contributed by atoms with Gasteiger partial charge in [0.25, 0.3) is 0 Å². The summed E-state index contributed by atoms with van der Waals surface area (Å²) in [6.45, 7) is 6.13. The molecule has 2 aromatic carbocycles. The first-order valence-corrected chi connectivity index (χ1v) is 10.2. The van der Waals surface area contributed by atoms with Gasteiger partial charge < -0.3 is 10.2 Å². The van der Waals surface area contributed by atoms with E-state index in [1.54, 1.807) is 6.92 Å². The minimum atomic E-state index is -0.0273. The second kappa shape index (κ2) is 9.05. The SMILES string of the molecule is CCCC(=O)c1ccc(N2CCC(CNC(C)=O)(c3ccccc3)CC2)cc1. The lowest BCUT2D eigenvalue weighted by molar-refractivity contribution is -0.119. The minimum Gasteiger partial charge on any atom is -0.371 e. The number of ketones is 1. The molecule has 1 amide bonds. The first kappa shape index (κ1) is 20.1. The van der Waals surface area contributed by atoms with Crippen molar-refractivity contribution in [2.75, 3.05) is 24.5 Å². The Labute approximate surface area is 167 Å². The summed E-state index contributed by atoms with van der Waals surface area (Å²) < 4.78 is 0. The van der Waals surface area contributed by atoms with Crippen LogP contribution in [0.2, 0.25) is 0 Å². The second-order valence-corrected chi connectivity index (χ2v) is 7.76. The maximum atomic E-state index is 12.1.